The van der Waals surface area contributed by atoms with E-state index in [0.717, 1.165) is 18.0 Å². The van der Waals surface area contributed by atoms with Crippen molar-refractivity contribution in [3.05, 3.63) is 35.4 Å². The lowest BCUT2D eigenvalue weighted by molar-refractivity contribution is 0.240. The molecule has 0 saturated carbocycles. The lowest BCUT2D eigenvalue weighted by Gasteiger charge is -2.42. The number of benzene rings is 1. The topological polar surface area (TPSA) is 21.7 Å². The summed E-state index contributed by atoms with van der Waals surface area (Å²) in [6.45, 7) is 3.45. The van der Waals surface area contributed by atoms with Gasteiger partial charge in [-0.15, -0.1) is 0 Å². The largest absolute Gasteiger partial charge is 0.493 e. The molecule has 0 radical (unpaired) electrons. The fourth-order valence-electron chi connectivity index (χ4n) is 4.30. The summed E-state index contributed by atoms with van der Waals surface area (Å²) >= 11 is 0. The molecule has 1 heterocycles. The molecule has 0 aromatic heterocycles. The molecule has 0 N–H and O–H groups in total. The van der Waals surface area contributed by atoms with Crippen molar-refractivity contribution < 1.29 is 9.47 Å². The Hall–Kier alpha value is -1.48. The number of hydrogen-bond acceptors (Lipinski definition) is 3. The maximum absolute atomic E-state index is 5.52. The number of hydrogen-bond donors (Lipinski definition) is 0. The number of fused-ring (bicyclic) bond motifs is 1. The van der Waals surface area contributed by atoms with Crippen LogP contribution in [0.4, 0.5) is 0 Å². The normalized spacial score (nSPS) is 29.0. The highest BCUT2D eigenvalue weighted by atomic mass is 16.5. The van der Waals surface area contributed by atoms with Crippen LogP contribution in [0.5, 0.6) is 11.5 Å². The summed E-state index contributed by atoms with van der Waals surface area (Å²) in [5.74, 6) is 1.63. The summed E-state index contributed by atoms with van der Waals surface area (Å²) in [4.78, 5) is 2.52. The molecule has 3 nitrogen and oxygen atoms in total. The van der Waals surface area contributed by atoms with Gasteiger partial charge < -0.3 is 14.4 Å². The predicted octanol–water partition coefficient (Wildman–Crippen LogP) is 3.39. The van der Waals surface area contributed by atoms with Crippen LogP contribution in [0.1, 0.15) is 31.7 Å². The van der Waals surface area contributed by atoms with Crippen LogP contribution in [-0.4, -0.2) is 38.8 Å². The molecule has 1 saturated heterocycles. The smallest absolute Gasteiger partial charge is 0.161 e. The van der Waals surface area contributed by atoms with Crippen molar-refractivity contribution in [2.24, 2.45) is 0 Å². The van der Waals surface area contributed by atoms with Crippen molar-refractivity contribution >= 4 is 0 Å². The van der Waals surface area contributed by atoms with Gasteiger partial charge in [0.25, 0.3) is 0 Å². The predicted molar refractivity (Wildman–Crippen MR) is 85.3 cm³/mol. The molecule has 114 valence electrons. The zero-order chi connectivity index (χ0) is 15.0. The number of likely N-dealkylation sites (N-methyl/N-ethyl adjacent to an activating group) is 1. The van der Waals surface area contributed by atoms with Crippen LogP contribution in [0.3, 0.4) is 0 Å². The first-order chi connectivity index (χ1) is 10.1. The number of allylic oxidation sites excluding steroid dienone is 1. The van der Waals surface area contributed by atoms with E-state index >= 15 is 0 Å². The average Bonchev–Trinajstić information content (AvgIpc) is 2.86. The molecule has 3 rings (SSSR count). The maximum atomic E-state index is 5.52. The van der Waals surface area contributed by atoms with Crippen LogP contribution < -0.4 is 9.47 Å². The van der Waals surface area contributed by atoms with Gasteiger partial charge in [-0.05, 0) is 57.5 Å². The van der Waals surface area contributed by atoms with E-state index in [1.165, 1.54) is 30.4 Å². The fourth-order valence-corrected chi connectivity index (χ4v) is 4.30. The van der Waals surface area contributed by atoms with Crippen molar-refractivity contribution in [3.8, 4) is 11.5 Å². The Labute approximate surface area is 127 Å². The van der Waals surface area contributed by atoms with Gasteiger partial charge in [0.05, 0.1) is 14.2 Å². The highest BCUT2D eigenvalue weighted by Crippen LogP contribution is 2.50. The molecule has 0 spiro atoms. The minimum absolute atomic E-state index is 0.145. The molecule has 1 aliphatic carbocycles. The SMILES string of the molecule is COc1ccc([C@]23CCN(C)C2CCC=C3C)cc1OC. The Morgan fingerprint density at radius 2 is 1.95 bits per heavy atom. The molecular formula is C18H25NO2. The van der Waals surface area contributed by atoms with E-state index in [2.05, 4.69) is 37.1 Å². The standard InChI is InChI=1S/C18H25NO2/c1-13-6-5-7-17-18(13,10-11-19(17)2)14-8-9-15(20-3)16(12-14)21-4/h6,8-9,12,17H,5,7,10-11H2,1-4H3/t17?,18-/m1/s1. The van der Waals surface area contributed by atoms with E-state index in [1.807, 2.05) is 6.07 Å². The van der Waals surface area contributed by atoms with Crippen molar-refractivity contribution in [3.63, 3.8) is 0 Å². The van der Waals surface area contributed by atoms with E-state index in [9.17, 15) is 0 Å². The molecule has 1 aliphatic heterocycles. The first-order valence-electron chi connectivity index (χ1n) is 7.73. The second-order valence-corrected chi connectivity index (χ2v) is 6.25. The molecule has 1 aromatic rings. The molecule has 3 heteroatoms. The minimum atomic E-state index is 0.145. The minimum Gasteiger partial charge on any atom is -0.493 e. The number of rotatable bonds is 3. The van der Waals surface area contributed by atoms with Gasteiger partial charge in [0.15, 0.2) is 11.5 Å². The molecule has 1 aromatic carbocycles. The summed E-state index contributed by atoms with van der Waals surface area (Å²) in [6.07, 6.45) is 6.04. The van der Waals surface area contributed by atoms with Crippen LogP contribution in [0.2, 0.25) is 0 Å². The van der Waals surface area contributed by atoms with E-state index in [0.29, 0.717) is 6.04 Å². The van der Waals surface area contributed by atoms with E-state index in [1.54, 1.807) is 14.2 Å². The van der Waals surface area contributed by atoms with Gasteiger partial charge in [0.1, 0.15) is 0 Å². The summed E-state index contributed by atoms with van der Waals surface area (Å²) in [7, 11) is 5.65. The third-order valence-corrected chi connectivity index (χ3v) is 5.45. The Bertz CT molecular complexity index is 566. The first kappa shape index (κ1) is 14.5. The summed E-state index contributed by atoms with van der Waals surface area (Å²) < 4.78 is 10.9. The van der Waals surface area contributed by atoms with E-state index in [4.69, 9.17) is 9.47 Å². The van der Waals surface area contributed by atoms with Gasteiger partial charge in [0.2, 0.25) is 0 Å². The molecule has 1 unspecified atom stereocenters. The molecule has 2 aliphatic rings. The molecule has 1 fully saturated rings. The molecule has 2 atom stereocenters. The summed E-state index contributed by atoms with van der Waals surface area (Å²) in [5.41, 5.74) is 3.02. The highest BCUT2D eigenvalue weighted by molar-refractivity contribution is 5.50. The Balaban J connectivity index is 2.12. The number of likely N-dealkylation sites (tertiary alicyclic amines) is 1. The van der Waals surface area contributed by atoms with E-state index in [-0.39, 0.29) is 5.41 Å². The van der Waals surface area contributed by atoms with Gasteiger partial charge in [0, 0.05) is 11.5 Å². The van der Waals surface area contributed by atoms with Gasteiger partial charge in [-0.3, -0.25) is 0 Å². The molecule has 0 amide bonds. The quantitative estimate of drug-likeness (QED) is 0.795. The van der Waals surface area contributed by atoms with Crippen LogP contribution in [-0.2, 0) is 5.41 Å². The first-order valence-corrected chi connectivity index (χ1v) is 7.73. The number of methoxy groups -OCH3 is 2. The summed E-state index contributed by atoms with van der Waals surface area (Å²) in [6, 6.07) is 7.03. The molecule has 21 heavy (non-hydrogen) atoms. The number of nitrogens with zero attached hydrogens (tertiary/aromatic N) is 1. The van der Waals surface area contributed by atoms with Crippen molar-refractivity contribution in [2.75, 3.05) is 27.8 Å². The molecular weight excluding hydrogens is 262 g/mol. The van der Waals surface area contributed by atoms with Crippen LogP contribution in [0.15, 0.2) is 29.8 Å². The lowest BCUT2D eigenvalue weighted by atomic mass is 9.65. The van der Waals surface area contributed by atoms with Gasteiger partial charge >= 0.3 is 0 Å². The second kappa shape index (κ2) is 5.38. The Morgan fingerprint density at radius 1 is 1.19 bits per heavy atom. The summed E-state index contributed by atoms with van der Waals surface area (Å²) in [5, 5.41) is 0. The molecule has 0 bridgehead atoms. The van der Waals surface area contributed by atoms with Gasteiger partial charge in [-0.1, -0.05) is 17.7 Å². The zero-order valence-electron chi connectivity index (χ0n) is 13.5. The lowest BCUT2D eigenvalue weighted by Crippen LogP contribution is -2.43. The van der Waals surface area contributed by atoms with Crippen molar-refractivity contribution in [1.82, 2.24) is 4.90 Å². The number of ether oxygens (including phenoxy) is 2. The monoisotopic (exact) mass is 287 g/mol. The Kier molecular flexibility index (Phi) is 3.70. The fraction of sp³-hybridized carbons (Fsp3) is 0.556. The van der Waals surface area contributed by atoms with Crippen LogP contribution in [0, 0.1) is 0 Å². The second-order valence-electron chi connectivity index (χ2n) is 6.25. The van der Waals surface area contributed by atoms with Crippen LogP contribution >= 0.6 is 0 Å². The Morgan fingerprint density at radius 3 is 2.67 bits per heavy atom. The average molecular weight is 287 g/mol. The zero-order valence-corrected chi connectivity index (χ0v) is 13.5. The van der Waals surface area contributed by atoms with Crippen LogP contribution in [0.25, 0.3) is 0 Å². The van der Waals surface area contributed by atoms with Gasteiger partial charge in [-0.2, -0.15) is 0 Å². The third kappa shape index (κ3) is 2.06. The third-order valence-electron chi connectivity index (χ3n) is 5.45. The van der Waals surface area contributed by atoms with Gasteiger partial charge in [-0.25, -0.2) is 0 Å². The highest BCUT2D eigenvalue weighted by Gasteiger charge is 2.49. The van der Waals surface area contributed by atoms with Crippen molar-refractivity contribution in [2.45, 2.75) is 37.6 Å². The van der Waals surface area contributed by atoms with E-state index < -0.39 is 0 Å². The maximum Gasteiger partial charge on any atom is 0.161 e. The van der Waals surface area contributed by atoms with Crippen molar-refractivity contribution in [1.29, 1.82) is 0 Å².